The number of aliphatic carboxylic acids is 1. The van der Waals surface area contributed by atoms with Gasteiger partial charge in [0, 0.05) is 18.0 Å². The van der Waals surface area contributed by atoms with Crippen molar-refractivity contribution in [3.05, 3.63) is 29.3 Å². The van der Waals surface area contributed by atoms with E-state index in [1.807, 2.05) is 32.0 Å². The summed E-state index contributed by atoms with van der Waals surface area (Å²) in [6.07, 6.45) is -5.49. The van der Waals surface area contributed by atoms with Crippen molar-refractivity contribution in [3.63, 3.8) is 0 Å². The third-order valence-corrected chi connectivity index (χ3v) is 5.41. The molecule has 24 heavy (non-hydrogen) atoms. The number of benzene rings is 1. The lowest BCUT2D eigenvalue weighted by Gasteiger charge is -2.27. The van der Waals surface area contributed by atoms with Crippen molar-refractivity contribution in [3.8, 4) is 0 Å². The van der Waals surface area contributed by atoms with Gasteiger partial charge < -0.3 is 10.0 Å². The van der Waals surface area contributed by atoms with Crippen LogP contribution in [-0.4, -0.2) is 46.9 Å². The van der Waals surface area contributed by atoms with E-state index in [1.54, 1.807) is 0 Å². The van der Waals surface area contributed by atoms with E-state index in [2.05, 4.69) is 0 Å². The standard InChI is InChI=1S/C16H18F3NO3S/c1-10-3-4-11(2)12(7-10)24-8-13(21)20-6-5-15(9-20,14(22)23)16(17,18)19/h3-4,7H,5-6,8-9H2,1-2H3,(H,22,23). The van der Waals surface area contributed by atoms with Gasteiger partial charge in [-0.15, -0.1) is 11.8 Å². The van der Waals surface area contributed by atoms with Crippen molar-refractivity contribution in [2.45, 2.75) is 31.3 Å². The van der Waals surface area contributed by atoms with Crippen LogP contribution in [0.15, 0.2) is 23.1 Å². The molecule has 0 bridgehead atoms. The van der Waals surface area contributed by atoms with E-state index in [-0.39, 0.29) is 12.3 Å². The van der Waals surface area contributed by atoms with Crippen LogP contribution in [0.5, 0.6) is 0 Å². The number of carbonyl (C=O) groups excluding carboxylic acids is 1. The van der Waals surface area contributed by atoms with Gasteiger partial charge in [-0.3, -0.25) is 9.59 Å². The quantitative estimate of drug-likeness (QED) is 0.837. The van der Waals surface area contributed by atoms with Gasteiger partial charge in [-0.25, -0.2) is 0 Å². The SMILES string of the molecule is Cc1ccc(C)c(SCC(=O)N2CCC(C(=O)O)(C(F)(F)F)C2)c1. The molecule has 1 aliphatic heterocycles. The number of hydrogen-bond acceptors (Lipinski definition) is 3. The molecular formula is C16H18F3NO3S. The highest BCUT2D eigenvalue weighted by atomic mass is 32.2. The Morgan fingerprint density at radius 2 is 2.00 bits per heavy atom. The maximum Gasteiger partial charge on any atom is 0.406 e. The third kappa shape index (κ3) is 3.53. The number of amides is 1. The molecule has 1 atom stereocenters. The van der Waals surface area contributed by atoms with E-state index < -0.39 is 36.4 Å². The van der Waals surface area contributed by atoms with Gasteiger partial charge in [-0.05, 0) is 31.9 Å². The largest absolute Gasteiger partial charge is 0.481 e. The summed E-state index contributed by atoms with van der Waals surface area (Å²) in [7, 11) is 0. The number of carboxylic acid groups (broad SMARTS) is 1. The van der Waals surface area contributed by atoms with Crippen LogP contribution in [0.25, 0.3) is 0 Å². The fourth-order valence-corrected chi connectivity index (χ4v) is 3.67. The van der Waals surface area contributed by atoms with E-state index in [0.717, 1.165) is 20.9 Å². The molecule has 0 spiro atoms. The van der Waals surface area contributed by atoms with Gasteiger partial charge in [0.2, 0.25) is 5.91 Å². The minimum absolute atomic E-state index is 0.0160. The molecule has 1 N–H and O–H groups in total. The normalized spacial score (nSPS) is 21.1. The number of nitrogens with zero attached hydrogens (tertiary/aromatic N) is 1. The van der Waals surface area contributed by atoms with Crippen LogP contribution in [0.3, 0.4) is 0 Å². The lowest BCUT2D eigenvalue weighted by molar-refractivity contribution is -0.227. The van der Waals surface area contributed by atoms with Crippen molar-refractivity contribution >= 4 is 23.6 Å². The van der Waals surface area contributed by atoms with E-state index in [9.17, 15) is 22.8 Å². The summed E-state index contributed by atoms with van der Waals surface area (Å²) in [4.78, 5) is 25.2. The molecule has 132 valence electrons. The molecule has 1 aromatic rings. The molecule has 0 saturated carbocycles. The second-order valence-corrected chi connectivity index (χ2v) is 7.03. The van der Waals surface area contributed by atoms with Gasteiger partial charge in [-0.2, -0.15) is 13.2 Å². The van der Waals surface area contributed by atoms with Crippen molar-refractivity contribution in [1.29, 1.82) is 0 Å². The number of aryl methyl sites for hydroxylation is 2. The Morgan fingerprint density at radius 3 is 2.54 bits per heavy atom. The summed E-state index contributed by atoms with van der Waals surface area (Å²) in [5, 5.41) is 9.01. The van der Waals surface area contributed by atoms with Gasteiger partial charge in [0.15, 0.2) is 5.41 Å². The number of thioether (sulfide) groups is 1. The molecule has 0 aliphatic carbocycles. The zero-order valence-electron chi connectivity index (χ0n) is 13.3. The third-order valence-electron chi connectivity index (χ3n) is 4.27. The maximum atomic E-state index is 13.1. The van der Waals surface area contributed by atoms with Crippen LogP contribution < -0.4 is 0 Å². The summed E-state index contributed by atoms with van der Waals surface area (Å²) in [6, 6.07) is 5.76. The van der Waals surface area contributed by atoms with Crippen LogP contribution in [0.1, 0.15) is 17.5 Å². The molecule has 0 radical (unpaired) electrons. The first-order chi connectivity index (χ1) is 11.1. The Hall–Kier alpha value is -1.70. The number of likely N-dealkylation sites (tertiary alicyclic amines) is 1. The first kappa shape index (κ1) is 18.6. The number of carboxylic acids is 1. The summed E-state index contributed by atoms with van der Waals surface area (Å²) in [6.45, 7) is 2.79. The van der Waals surface area contributed by atoms with Crippen LogP contribution in [0.4, 0.5) is 13.2 Å². The maximum absolute atomic E-state index is 13.1. The van der Waals surface area contributed by atoms with Crippen molar-refractivity contribution in [1.82, 2.24) is 4.90 Å². The Balaban J connectivity index is 2.04. The molecular weight excluding hydrogens is 343 g/mol. The zero-order valence-corrected chi connectivity index (χ0v) is 14.1. The number of rotatable bonds is 4. The van der Waals surface area contributed by atoms with Crippen LogP contribution in [-0.2, 0) is 9.59 Å². The second-order valence-electron chi connectivity index (χ2n) is 6.01. The zero-order chi connectivity index (χ0) is 18.1. The second kappa shape index (κ2) is 6.66. The van der Waals surface area contributed by atoms with Gasteiger partial charge in [-0.1, -0.05) is 17.7 Å². The van der Waals surface area contributed by atoms with Gasteiger partial charge in [0.05, 0.1) is 5.75 Å². The molecule has 1 fully saturated rings. The first-order valence-electron chi connectivity index (χ1n) is 7.35. The van der Waals surface area contributed by atoms with Crippen molar-refractivity contribution < 1.29 is 27.9 Å². The van der Waals surface area contributed by atoms with Gasteiger partial charge in [0.1, 0.15) is 0 Å². The van der Waals surface area contributed by atoms with Gasteiger partial charge >= 0.3 is 12.1 Å². The lowest BCUT2D eigenvalue weighted by atomic mass is 9.86. The number of halogens is 3. The highest BCUT2D eigenvalue weighted by Gasteiger charge is 2.64. The molecule has 4 nitrogen and oxygen atoms in total. The Labute approximate surface area is 142 Å². The fraction of sp³-hybridized carbons (Fsp3) is 0.500. The van der Waals surface area contributed by atoms with Crippen molar-refractivity contribution in [2.24, 2.45) is 5.41 Å². The summed E-state index contributed by atoms with van der Waals surface area (Å²) in [5.41, 5.74) is -0.847. The predicted molar refractivity (Wildman–Crippen MR) is 84.0 cm³/mol. The van der Waals surface area contributed by atoms with E-state index in [0.29, 0.717) is 0 Å². The van der Waals surface area contributed by atoms with Crippen LogP contribution in [0.2, 0.25) is 0 Å². The molecule has 1 heterocycles. The lowest BCUT2D eigenvalue weighted by Crippen LogP contribution is -2.48. The number of alkyl halides is 3. The average molecular weight is 361 g/mol. The molecule has 1 saturated heterocycles. The summed E-state index contributed by atoms with van der Waals surface area (Å²) < 4.78 is 39.4. The Bertz CT molecular complexity index is 662. The molecule has 1 aromatic carbocycles. The Kier molecular flexibility index (Phi) is 5.17. The van der Waals surface area contributed by atoms with Crippen LogP contribution >= 0.6 is 11.8 Å². The van der Waals surface area contributed by atoms with E-state index in [4.69, 9.17) is 5.11 Å². The predicted octanol–water partition coefficient (Wildman–Crippen LogP) is 3.26. The van der Waals surface area contributed by atoms with E-state index in [1.165, 1.54) is 11.8 Å². The smallest absolute Gasteiger partial charge is 0.406 e. The number of hydrogen-bond donors (Lipinski definition) is 1. The highest BCUT2D eigenvalue weighted by molar-refractivity contribution is 8.00. The Morgan fingerprint density at radius 1 is 1.33 bits per heavy atom. The summed E-state index contributed by atoms with van der Waals surface area (Å²) >= 11 is 1.25. The monoisotopic (exact) mass is 361 g/mol. The average Bonchev–Trinajstić information content (AvgIpc) is 2.94. The molecule has 0 aromatic heterocycles. The first-order valence-corrected chi connectivity index (χ1v) is 8.33. The highest BCUT2D eigenvalue weighted by Crippen LogP contribution is 2.45. The van der Waals surface area contributed by atoms with Crippen molar-refractivity contribution in [2.75, 3.05) is 18.8 Å². The molecule has 8 heteroatoms. The fourth-order valence-electron chi connectivity index (χ4n) is 2.64. The molecule has 2 rings (SSSR count). The molecule has 1 aliphatic rings. The minimum atomic E-state index is -4.88. The summed E-state index contributed by atoms with van der Waals surface area (Å²) in [5.74, 6) is -2.42. The number of carbonyl (C=O) groups is 2. The molecule has 1 amide bonds. The topological polar surface area (TPSA) is 57.6 Å². The minimum Gasteiger partial charge on any atom is -0.481 e. The van der Waals surface area contributed by atoms with Gasteiger partial charge in [0.25, 0.3) is 0 Å². The molecule has 1 unspecified atom stereocenters. The van der Waals surface area contributed by atoms with Crippen LogP contribution in [0, 0.1) is 19.3 Å². The van der Waals surface area contributed by atoms with E-state index >= 15 is 0 Å².